The Labute approximate surface area is 423 Å². The van der Waals surface area contributed by atoms with Crippen molar-refractivity contribution in [3.63, 3.8) is 0 Å². The van der Waals surface area contributed by atoms with Crippen molar-refractivity contribution in [2.24, 2.45) is 5.92 Å². The molecule has 6 amide bonds. The zero-order valence-electron chi connectivity index (χ0n) is 42.9. The van der Waals surface area contributed by atoms with E-state index >= 15 is 0 Å². The number of ether oxygens (including phenoxy) is 2. The molecule has 394 valence electrons. The minimum absolute atomic E-state index is 0.0820. The lowest BCUT2D eigenvalue weighted by Crippen LogP contribution is -2.59. The number of nitrogens with one attached hydrogen (secondary N) is 3. The zero-order valence-corrected chi connectivity index (χ0v) is 42.9. The van der Waals surface area contributed by atoms with Gasteiger partial charge in [0.25, 0.3) is 0 Å². The van der Waals surface area contributed by atoms with Crippen molar-refractivity contribution >= 4 is 35.4 Å². The van der Waals surface area contributed by atoms with Crippen LogP contribution in [-0.4, -0.2) is 163 Å². The van der Waals surface area contributed by atoms with Crippen molar-refractivity contribution in [2.45, 2.75) is 142 Å². The van der Waals surface area contributed by atoms with E-state index in [1.54, 1.807) is 44.5 Å². The van der Waals surface area contributed by atoms with Gasteiger partial charge in [0, 0.05) is 64.2 Å². The van der Waals surface area contributed by atoms with E-state index in [9.17, 15) is 41.9 Å². The predicted octanol–water partition coefficient (Wildman–Crippen LogP) is 4.52. The lowest BCUT2D eigenvalue weighted by Gasteiger charge is -2.35. The molecule has 0 saturated carbocycles. The van der Waals surface area contributed by atoms with E-state index in [0.717, 1.165) is 22.4 Å². The number of alkyl halides is 3. The number of benzene rings is 2. The second kappa shape index (κ2) is 29.5. The third kappa shape index (κ3) is 18.3. The molecule has 4 unspecified atom stereocenters. The monoisotopic (exact) mass is 1010 g/mol. The van der Waals surface area contributed by atoms with Gasteiger partial charge in [0.15, 0.2) is 0 Å². The highest BCUT2D eigenvalue weighted by atomic mass is 19.4. The Morgan fingerprint density at radius 3 is 1.64 bits per heavy atom. The quantitative estimate of drug-likeness (QED) is 0.121. The summed E-state index contributed by atoms with van der Waals surface area (Å²) in [6, 6.07) is 15.2. The highest BCUT2D eigenvalue weighted by molar-refractivity contribution is 5.91. The summed E-state index contributed by atoms with van der Waals surface area (Å²) >= 11 is 0. The van der Waals surface area contributed by atoms with Gasteiger partial charge in [-0.25, -0.2) is 0 Å². The standard InChI is InChI=1S/C54H74F3N7O8/c1-8-38(2)49(66)59-47(51(68)63-31-20-27-45(63)36-61(42(6)65)33-29-44-24-15-12-16-25-44)40(4)71-34-17-9-10-18-35-72-41(5)48(60-50(67)39(3)58-7)52(69)64-32-21-28-46(64)37-62(53(70)54(55,56)57)30-19-26-43-22-13-11-14-23-43/h11-16,22-25,38-41,45-48,58H,8,19-21,26-37H2,1-7H3,(H,59,66)(H,60,67)/t38-,39+,40?,41?,45+,46+,47?,48?/m1/s1. The van der Waals surface area contributed by atoms with Gasteiger partial charge in [0.1, 0.15) is 25.3 Å². The number of carbonyl (C=O) groups excluding carboxylic acids is 6. The molecule has 0 radical (unpaired) electrons. The molecule has 2 saturated heterocycles. The molecule has 0 aromatic heterocycles. The molecule has 2 aromatic carbocycles. The number of carbonyl (C=O) groups is 6. The largest absolute Gasteiger partial charge is 0.471 e. The fraction of sp³-hybridized carbons (Fsp3) is 0.593. The minimum atomic E-state index is -5.10. The molecular formula is C54H74F3N7O8. The van der Waals surface area contributed by atoms with E-state index in [2.05, 4.69) is 39.6 Å². The van der Waals surface area contributed by atoms with E-state index in [-0.39, 0.29) is 69.0 Å². The summed E-state index contributed by atoms with van der Waals surface area (Å²) in [5, 5.41) is 8.48. The van der Waals surface area contributed by atoms with Crippen molar-refractivity contribution in [1.29, 1.82) is 0 Å². The van der Waals surface area contributed by atoms with Gasteiger partial charge in [-0.1, -0.05) is 86.4 Å². The van der Waals surface area contributed by atoms with Gasteiger partial charge in [-0.15, -0.1) is 0 Å². The fourth-order valence-corrected chi connectivity index (χ4v) is 8.71. The molecule has 15 nitrogen and oxygen atoms in total. The van der Waals surface area contributed by atoms with Crippen LogP contribution < -0.4 is 16.0 Å². The van der Waals surface area contributed by atoms with E-state index in [4.69, 9.17) is 9.47 Å². The number of amides is 6. The Balaban J connectivity index is 1.38. The van der Waals surface area contributed by atoms with Crippen LogP contribution in [0.15, 0.2) is 60.7 Å². The lowest BCUT2D eigenvalue weighted by molar-refractivity contribution is -0.186. The third-order valence-electron chi connectivity index (χ3n) is 13.4. The molecule has 2 aliphatic heterocycles. The first-order valence-corrected chi connectivity index (χ1v) is 25.1. The number of hydrogen-bond donors (Lipinski definition) is 3. The summed E-state index contributed by atoms with van der Waals surface area (Å²) in [4.78, 5) is 85.8. The first kappa shape index (κ1) is 58.6. The summed E-state index contributed by atoms with van der Waals surface area (Å²) in [6.07, 6.45) is -2.50. The Morgan fingerprint density at radius 2 is 1.18 bits per heavy atom. The summed E-state index contributed by atoms with van der Waals surface area (Å²) in [5.41, 5.74) is 2.03. The van der Waals surface area contributed by atoms with Crippen LogP contribution in [-0.2, 0) is 51.1 Å². The Hall–Kier alpha value is -5.95. The van der Waals surface area contributed by atoms with Crippen LogP contribution in [0, 0.1) is 29.6 Å². The van der Waals surface area contributed by atoms with E-state index < -0.39 is 60.3 Å². The highest BCUT2D eigenvalue weighted by Gasteiger charge is 2.45. The molecule has 18 heteroatoms. The Bertz CT molecular complexity index is 2210. The number of rotatable bonds is 25. The summed E-state index contributed by atoms with van der Waals surface area (Å²) in [5.74, 6) is 6.90. The second-order valence-corrected chi connectivity index (χ2v) is 18.6. The average molecular weight is 1010 g/mol. The van der Waals surface area contributed by atoms with Crippen molar-refractivity contribution < 1.29 is 51.4 Å². The molecule has 0 bridgehead atoms. The predicted molar refractivity (Wildman–Crippen MR) is 267 cm³/mol. The normalized spacial score (nSPS) is 18.0. The molecular weight excluding hydrogens is 932 g/mol. The molecule has 4 rings (SSSR count). The van der Waals surface area contributed by atoms with Gasteiger partial charge in [0.05, 0.1) is 18.2 Å². The first-order chi connectivity index (χ1) is 34.4. The third-order valence-corrected chi connectivity index (χ3v) is 13.4. The summed E-state index contributed by atoms with van der Waals surface area (Å²) in [6.45, 7) is 10.8. The molecule has 2 aliphatic rings. The van der Waals surface area contributed by atoms with Crippen LogP contribution >= 0.6 is 0 Å². The smallest absolute Gasteiger partial charge is 0.363 e. The number of likely N-dealkylation sites (tertiary alicyclic amines) is 2. The topological polar surface area (TPSA) is 170 Å². The summed E-state index contributed by atoms with van der Waals surface area (Å²) < 4.78 is 53.4. The van der Waals surface area contributed by atoms with Crippen molar-refractivity contribution in [3.8, 4) is 23.7 Å². The maximum atomic E-state index is 14.3. The first-order valence-electron chi connectivity index (χ1n) is 25.1. The molecule has 3 N–H and O–H groups in total. The Kier molecular flexibility index (Phi) is 24.0. The molecule has 72 heavy (non-hydrogen) atoms. The fourth-order valence-electron chi connectivity index (χ4n) is 8.71. The molecule has 2 heterocycles. The van der Waals surface area contributed by atoms with Gasteiger partial charge in [-0.2, -0.15) is 13.2 Å². The van der Waals surface area contributed by atoms with Gasteiger partial charge >= 0.3 is 12.1 Å². The van der Waals surface area contributed by atoms with Crippen LogP contribution in [0.5, 0.6) is 0 Å². The average Bonchev–Trinajstić information content (AvgIpc) is 4.05. The highest BCUT2D eigenvalue weighted by Crippen LogP contribution is 2.26. The van der Waals surface area contributed by atoms with Gasteiger partial charge in [0.2, 0.25) is 29.5 Å². The van der Waals surface area contributed by atoms with Crippen LogP contribution in [0.4, 0.5) is 13.2 Å². The van der Waals surface area contributed by atoms with Gasteiger partial charge in [-0.05, 0) is 102 Å². The van der Waals surface area contributed by atoms with E-state index in [1.807, 2.05) is 67.6 Å². The second-order valence-electron chi connectivity index (χ2n) is 18.6. The lowest BCUT2D eigenvalue weighted by atomic mass is 10.1. The number of hydrogen-bond acceptors (Lipinski definition) is 9. The maximum absolute atomic E-state index is 14.3. The zero-order chi connectivity index (χ0) is 52.8. The molecule has 0 spiro atoms. The number of halogens is 3. The van der Waals surface area contributed by atoms with E-state index in [0.29, 0.717) is 58.2 Å². The molecule has 0 aliphatic carbocycles. The van der Waals surface area contributed by atoms with Crippen molar-refractivity contribution in [1.82, 2.24) is 35.6 Å². The van der Waals surface area contributed by atoms with Gasteiger partial charge < -0.3 is 45.0 Å². The minimum Gasteiger partial charge on any atom is -0.363 e. The molecule has 8 atom stereocenters. The maximum Gasteiger partial charge on any atom is 0.471 e. The van der Waals surface area contributed by atoms with Crippen molar-refractivity contribution in [3.05, 3.63) is 71.8 Å². The van der Waals surface area contributed by atoms with Crippen LogP contribution in [0.1, 0.15) is 91.2 Å². The number of aryl methyl sites for hydroxylation is 1. The van der Waals surface area contributed by atoms with E-state index in [1.165, 1.54) is 11.8 Å². The van der Waals surface area contributed by atoms with Crippen LogP contribution in [0.2, 0.25) is 0 Å². The number of likely N-dealkylation sites (N-methyl/N-ethyl adjacent to an activating group) is 1. The van der Waals surface area contributed by atoms with Crippen LogP contribution in [0.3, 0.4) is 0 Å². The Morgan fingerprint density at radius 1 is 0.708 bits per heavy atom. The van der Waals surface area contributed by atoms with Crippen LogP contribution in [0.25, 0.3) is 0 Å². The number of nitrogens with zero attached hydrogens (tertiary/aromatic N) is 4. The summed E-state index contributed by atoms with van der Waals surface area (Å²) in [7, 11) is 1.58. The molecule has 2 fully saturated rings. The molecule has 2 aromatic rings. The van der Waals surface area contributed by atoms with Gasteiger partial charge in [-0.3, -0.25) is 28.8 Å². The SMILES string of the molecule is CC[C@@H](C)C(=O)NC(C(=O)N1CCC[C@H]1CN(CCc1ccccc1)C(C)=O)C(C)OCC#CC#CCOC(C)C(NC(=O)[C@H](C)NC)C(=O)N1CCC[C@H]1CN(CCCc1ccccc1)C(=O)C(F)(F)F. The van der Waals surface area contributed by atoms with Crippen molar-refractivity contribution in [2.75, 3.05) is 59.5 Å².